The van der Waals surface area contributed by atoms with E-state index in [2.05, 4.69) is 38.9 Å². The second-order valence-corrected chi connectivity index (χ2v) is 7.01. The van der Waals surface area contributed by atoms with Crippen LogP contribution in [0, 0.1) is 11.3 Å². The topological polar surface area (TPSA) is 61.7 Å². The normalized spacial score (nSPS) is 11.7. The molecule has 4 nitrogen and oxygen atoms in total. The molecule has 0 fully saturated rings. The standard InChI is InChI=1S/C21H20BrN3O/c1-2-3-18(21-24-10-11-25-21)19-12-16(13-23)6-9-20(19)26-14-15-4-7-17(22)8-5-15/h4-12,18H,2-3,14H2,1H3,(H,24,25). The van der Waals surface area contributed by atoms with Crippen LogP contribution in [0.25, 0.3) is 0 Å². The summed E-state index contributed by atoms with van der Waals surface area (Å²) in [5.74, 6) is 1.76. The lowest BCUT2D eigenvalue weighted by molar-refractivity contribution is 0.301. The summed E-state index contributed by atoms with van der Waals surface area (Å²) in [6, 6.07) is 15.9. The summed E-state index contributed by atoms with van der Waals surface area (Å²) in [5.41, 5.74) is 2.72. The number of aromatic amines is 1. The predicted octanol–water partition coefficient (Wildman–Crippen LogP) is 5.55. The first-order valence-electron chi connectivity index (χ1n) is 8.61. The number of halogens is 1. The van der Waals surface area contributed by atoms with Crippen molar-refractivity contribution in [3.05, 3.63) is 81.8 Å². The van der Waals surface area contributed by atoms with E-state index >= 15 is 0 Å². The second-order valence-electron chi connectivity index (χ2n) is 6.10. The summed E-state index contributed by atoms with van der Waals surface area (Å²) in [7, 11) is 0. The van der Waals surface area contributed by atoms with Crippen LogP contribution in [0.3, 0.4) is 0 Å². The van der Waals surface area contributed by atoms with Gasteiger partial charge in [-0.1, -0.05) is 41.4 Å². The van der Waals surface area contributed by atoms with Gasteiger partial charge in [0.1, 0.15) is 18.2 Å². The molecule has 132 valence electrons. The Kier molecular flexibility index (Phi) is 6.08. The average Bonchev–Trinajstić information content (AvgIpc) is 3.20. The van der Waals surface area contributed by atoms with Crippen molar-refractivity contribution in [1.29, 1.82) is 5.26 Å². The van der Waals surface area contributed by atoms with Gasteiger partial charge in [0.2, 0.25) is 0 Å². The number of benzene rings is 2. The monoisotopic (exact) mass is 409 g/mol. The molecular weight excluding hydrogens is 390 g/mol. The number of rotatable bonds is 7. The highest BCUT2D eigenvalue weighted by Gasteiger charge is 2.21. The Morgan fingerprint density at radius 3 is 2.69 bits per heavy atom. The lowest BCUT2D eigenvalue weighted by atomic mass is 9.91. The minimum Gasteiger partial charge on any atom is -0.489 e. The summed E-state index contributed by atoms with van der Waals surface area (Å²) < 4.78 is 7.16. The molecule has 0 radical (unpaired) electrons. The number of ether oxygens (including phenoxy) is 1. The summed E-state index contributed by atoms with van der Waals surface area (Å²) in [4.78, 5) is 7.65. The number of hydrogen-bond donors (Lipinski definition) is 1. The van der Waals surface area contributed by atoms with E-state index in [9.17, 15) is 5.26 Å². The molecule has 0 bridgehead atoms. The molecule has 1 unspecified atom stereocenters. The van der Waals surface area contributed by atoms with E-state index in [1.165, 1.54) is 0 Å². The van der Waals surface area contributed by atoms with Crippen molar-refractivity contribution in [3.8, 4) is 11.8 Å². The van der Waals surface area contributed by atoms with Crippen LogP contribution in [-0.2, 0) is 6.61 Å². The van der Waals surface area contributed by atoms with E-state index < -0.39 is 0 Å². The van der Waals surface area contributed by atoms with Gasteiger partial charge in [-0.3, -0.25) is 0 Å². The maximum atomic E-state index is 9.31. The molecule has 5 heteroatoms. The first kappa shape index (κ1) is 18.2. The molecule has 0 aliphatic heterocycles. The van der Waals surface area contributed by atoms with Gasteiger partial charge in [-0.2, -0.15) is 5.26 Å². The van der Waals surface area contributed by atoms with E-state index in [0.29, 0.717) is 12.2 Å². The molecule has 1 heterocycles. The smallest absolute Gasteiger partial charge is 0.123 e. The zero-order valence-electron chi connectivity index (χ0n) is 14.6. The van der Waals surface area contributed by atoms with Gasteiger partial charge in [0.05, 0.1) is 11.6 Å². The lowest BCUT2D eigenvalue weighted by Crippen LogP contribution is -2.07. The first-order valence-corrected chi connectivity index (χ1v) is 9.41. The Hall–Kier alpha value is -2.58. The van der Waals surface area contributed by atoms with Crippen molar-refractivity contribution in [2.45, 2.75) is 32.3 Å². The first-order chi connectivity index (χ1) is 12.7. The molecule has 3 rings (SSSR count). The largest absolute Gasteiger partial charge is 0.489 e. The van der Waals surface area contributed by atoms with Gasteiger partial charge in [0.15, 0.2) is 0 Å². The Bertz CT molecular complexity index is 883. The maximum Gasteiger partial charge on any atom is 0.123 e. The number of nitrogens with one attached hydrogen (secondary N) is 1. The van der Waals surface area contributed by atoms with E-state index in [-0.39, 0.29) is 5.92 Å². The molecule has 3 aromatic rings. The number of hydrogen-bond acceptors (Lipinski definition) is 3. The van der Waals surface area contributed by atoms with Crippen LogP contribution in [0.15, 0.2) is 59.3 Å². The van der Waals surface area contributed by atoms with Gasteiger partial charge in [0.25, 0.3) is 0 Å². The third-order valence-corrected chi connectivity index (χ3v) is 4.78. The minimum absolute atomic E-state index is 0.0724. The van der Waals surface area contributed by atoms with Gasteiger partial charge in [-0.15, -0.1) is 0 Å². The third kappa shape index (κ3) is 4.33. The Morgan fingerprint density at radius 2 is 2.04 bits per heavy atom. The van der Waals surface area contributed by atoms with E-state index in [1.807, 2.05) is 42.6 Å². The van der Waals surface area contributed by atoms with Gasteiger partial charge >= 0.3 is 0 Å². The maximum absolute atomic E-state index is 9.31. The van der Waals surface area contributed by atoms with Crippen molar-refractivity contribution in [2.24, 2.45) is 0 Å². The van der Waals surface area contributed by atoms with Crippen LogP contribution in [-0.4, -0.2) is 9.97 Å². The van der Waals surface area contributed by atoms with E-state index in [0.717, 1.165) is 40.0 Å². The van der Waals surface area contributed by atoms with Crippen molar-refractivity contribution < 1.29 is 4.74 Å². The molecule has 0 saturated carbocycles. The molecule has 1 atom stereocenters. The minimum atomic E-state index is 0.0724. The number of nitriles is 1. The summed E-state index contributed by atoms with van der Waals surface area (Å²) >= 11 is 3.45. The number of aromatic nitrogens is 2. The third-order valence-electron chi connectivity index (χ3n) is 4.25. The zero-order chi connectivity index (χ0) is 18.4. The van der Waals surface area contributed by atoms with Gasteiger partial charge in [-0.05, 0) is 42.3 Å². The number of imidazole rings is 1. The fraction of sp³-hybridized carbons (Fsp3) is 0.238. The average molecular weight is 410 g/mol. The molecule has 1 N–H and O–H groups in total. The highest BCUT2D eigenvalue weighted by molar-refractivity contribution is 9.10. The quantitative estimate of drug-likeness (QED) is 0.555. The van der Waals surface area contributed by atoms with Crippen LogP contribution < -0.4 is 4.74 Å². The van der Waals surface area contributed by atoms with Crippen LogP contribution >= 0.6 is 15.9 Å². The zero-order valence-corrected chi connectivity index (χ0v) is 16.2. The fourth-order valence-corrected chi connectivity index (χ4v) is 3.22. The predicted molar refractivity (Wildman–Crippen MR) is 105 cm³/mol. The molecule has 0 aliphatic carbocycles. The van der Waals surface area contributed by atoms with Crippen LogP contribution in [0.1, 0.15) is 48.2 Å². The van der Waals surface area contributed by atoms with Crippen molar-refractivity contribution in [2.75, 3.05) is 0 Å². The Labute approximate surface area is 162 Å². The molecule has 1 aromatic heterocycles. The molecule has 0 saturated heterocycles. The second kappa shape index (κ2) is 8.68. The van der Waals surface area contributed by atoms with Crippen LogP contribution in [0.5, 0.6) is 5.75 Å². The summed E-state index contributed by atoms with van der Waals surface area (Å²) in [6.45, 7) is 2.62. The highest BCUT2D eigenvalue weighted by atomic mass is 79.9. The SMILES string of the molecule is CCCC(c1ncc[nH]1)c1cc(C#N)ccc1OCc1ccc(Br)cc1. The van der Waals surface area contributed by atoms with Gasteiger partial charge < -0.3 is 9.72 Å². The fourth-order valence-electron chi connectivity index (χ4n) is 2.96. The van der Waals surface area contributed by atoms with Crippen LogP contribution in [0.4, 0.5) is 0 Å². The molecule has 2 aromatic carbocycles. The summed E-state index contributed by atoms with van der Waals surface area (Å²) in [5, 5.41) is 9.31. The number of nitrogens with zero attached hydrogens (tertiary/aromatic N) is 2. The Balaban J connectivity index is 1.91. The van der Waals surface area contributed by atoms with Gasteiger partial charge in [0, 0.05) is 28.3 Å². The van der Waals surface area contributed by atoms with Crippen molar-refractivity contribution >= 4 is 15.9 Å². The van der Waals surface area contributed by atoms with Crippen molar-refractivity contribution in [3.63, 3.8) is 0 Å². The van der Waals surface area contributed by atoms with Crippen molar-refractivity contribution in [1.82, 2.24) is 9.97 Å². The van der Waals surface area contributed by atoms with E-state index in [1.54, 1.807) is 12.3 Å². The summed E-state index contributed by atoms with van der Waals surface area (Å²) in [6.07, 6.45) is 5.52. The number of H-pyrrole nitrogens is 1. The van der Waals surface area contributed by atoms with E-state index in [4.69, 9.17) is 4.74 Å². The van der Waals surface area contributed by atoms with Crippen LogP contribution in [0.2, 0.25) is 0 Å². The molecule has 0 aliphatic rings. The molecule has 0 amide bonds. The lowest BCUT2D eigenvalue weighted by Gasteiger charge is -2.19. The molecule has 0 spiro atoms. The molecule has 26 heavy (non-hydrogen) atoms. The highest BCUT2D eigenvalue weighted by Crippen LogP contribution is 2.35. The van der Waals surface area contributed by atoms with Gasteiger partial charge in [-0.25, -0.2) is 4.98 Å². The Morgan fingerprint density at radius 1 is 1.23 bits per heavy atom. The molecular formula is C21H20BrN3O.